The van der Waals surface area contributed by atoms with Crippen LogP contribution in [0.1, 0.15) is 0 Å². The van der Waals surface area contributed by atoms with E-state index in [1.165, 1.54) is 6.08 Å². The third-order valence-electron chi connectivity index (χ3n) is 0.549. The Labute approximate surface area is 69.5 Å². The molecule has 0 aliphatic heterocycles. The quantitative estimate of drug-likeness (QED) is 0.405. The molecule has 0 aliphatic carbocycles. The van der Waals surface area contributed by atoms with E-state index >= 15 is 0 Å². The molecule has 0 radical (unpaired) electrons. The van der Waals surface area contributed by atoms with Crippen LogP contribution in [-0.4, -0.2) is 4.23 Å². The first kappa shape index (κ1) is 11.9. The maximum atomic E-state index is 5.53. The van der Waals surface area contributed by atoms with Gasteiger partial charge in [0.1, 0.15) is 0 Å². The second-order valence-corrected chi connectivity index (χ2v) is 3.24. The number of nitrogens with two attached hydrogens (primary N) is 2. The van der Waals surface area contributed by atoms with Crippen LogP contribution in [0.25, 0.3) is 6.15 Å². The molecule has 0 saturated heterocycles. The Bertz CT molecular complexity index is 142. The predicted octanol–water partition coefficient (Wildman–Crippen LogP) is 1.45. The minimum atomic E-state index is 0. The van der Waals surface area contributed by atoms with E-state index < -0.39 is 0 Å². The van der Waals surface area contributed by atoms with Crippen LogP contribution in [-0.2, 0) is 17.9 Å². The van der Waals surface area contributed by atoms with Crippen molar-refractivity contribution in [1.29, 1.82) is 0 Å². The molecule has 0 heterocycles. The molecule has 4 N–H and O–H groups in total. The number of halogens is 1. The molecule has 4 heteroatoms. The zero-order chi connectivity index (χ0) is 6.57. The van der Waals surface area contributed by atoms with Crippen LogP contribution >= 0.6 is 11.6 Å². The number of allylic oxidation sites excluding steroid dienone is 2. The van der Waals surface area contributed by atoms with Crippen molar-refractivity contribution in [2.24, 2.45) is 5.73 Å². The normalized spacial score (nSPS) is 10.0. The van der Waals surface area contributed by atoms with Gasteiger partial charge in [0.15, 0.2) is 0 Å². The van der Waals surface area contributed by atoms with Gasteiger partial charge >= 0.3 is 63.2 Å². The van der Waals surface area contributed by atoms with Crippen LogP contribution in [0.2, 0.25) is 0 Å². The van der Waals surface area contributed by atoms with Crippen LogP contribution in [0, 0.1) is 6.58 Å². The zero-order valence-corrected chi connectivity index (χ0v) is 8.69. The number of rotatable bonds is 2. The van der Waals surface area contributed by atoms with Crippen molar-refractivity contribution in [2.45, 2.75) is 0 Å². The van der Waals surface area contributed by atoms with Gasteiger partial charge in [-0.25, -0.2) is 0 Å². The van der Waals surface area contributed by atoms with Crippen molar-refractivity contribution < 1.29 is 17.9 Å². The van der Waals surface area contributed by atoms with E-state index in [2.05, 4.69) is 0 Å². The Morgan fingerprint density at radius 2 is 2.11 bits per heavy atom. The molecule has 0 atom stereocenters. The van der Waals surface area contributed by atoms with Gasteiger partial charge in [-0.05, 0) is 0 Å². The molecule has 0 aromatic rings. The maximum Gasteiger partial charge on any atom is -0.693 e. The van der Waals surface area contributed by atoms with Crippen LogP contribution in [0.4, 0.5) is 0 Å². The van der Waals surface area contributed by atoms with Crippen LogP contribution in [0.15, 0.2) is 17.2 Å². The molecule has 48 valence electrons. The maximum absolute atomic E-state index is 5.53. The smallest absolute Gasteiger partial charge is 0.693 e. The second-order valence-electron chi connectivity index (χ2n) is 1.23. The Balaban J connectivity index is 0. The standard InChI is InChI=1S/C5H5ClN.H2N.Zn/c1-2-3-5(6)4-7;;/h1-3H,7H2;1H2;/q2*-1;/b5-3+;;. The van der Waals surface area contributed by atoms with Gasteiger partial charge in [-0.2, -0.15) is 0 Å². The topological polar surface area (TPSA) is 59.5 Å². The van der Waals surface area contributed by atoms with Gasteiger partial charge in [-0.15, -0.1) is 0 Å². The first-order valence-corrected chi connectivity index (χ1v) is 3.90. The Morgan fingerprint density at radius 3 is 2.22 bits per heavy atom. The number of hydrogen-bond acceptors (Lipinski definition) is 1. The molecule has 0 aromatic heterocycles. The summed E-state index contributed by atoms with van der Waals surface area (Å²) in [5.74, 6) is 0. The third-order valence-corrected chi connectivity index (χ3v) is 2.19. The minimum Gasteiger partial charge on any atom is -0.693 e. The fourth-order valence-corrected chi connectivity index (χ4v) is 0.512. The van der Waals surface area contributed by atoms with Crippen molar-refractivity contribution in [3.05, 3.63) is 29.9 Å². The SMILES string of the molecule is [CH-]=C/C=C(/Cl)[C](N)=[Zn].[NH2-]. The van der Waals surface area contributed by atoms with Crippen molar-refractivity contribution in [3.63, 3.8) is 0 Å². The van der Waals surface area contributed by atoms with Crippen molar-refractivity contribution >= 4 is 15.8 Å². The van der Waals surface area contributed by atoms with E-state index in [1.807, 2.05) is 0 Å². The molecule has 0 aromatic carbocycles. The van der Waals surface area contributed by atoms with E-state index in [0.29, 0.717) is 9.26 Å². The first-order valence-electron chi connectivity index (χ1n) is 2.04. The molecule has 0 saturated carbocycles. The van der Waals surface area contributed by atoms with E-state index in [1.54, 1.807) is 6.08 Å². The Morgan fingerprint density at radius 1 is 1.67 bits per heavy atom. The van der Waals surface area contributed by atoms with Gasteiger partial charge in [0.05, 0.1) is 0 Å². The van der Waals surface area contributed by atoms with Crippen molar-refractivity contribution in [2.75, 3.05) is 0 Å². The molecule has 9 heavy (non-hydrogen) atoms. The molecular weight excluding hydrogens is 189 g/mol. The van der Waals surface area contributed by atoms with E-state index in [-0.39, 0.29) is 6.15 Å². The summed E-state index contributed by atoms with van der Waals surface area (Å²) in [7, 11) is 0. The van der Waals surface area contributed by atoms with Gasteiger partial charge < -0.3 is 6.15 Å². The molecule has 0 spiro atoms. The average Bonchev–Trinajstić information content (AvgIpc) is 1.67. The van der Waals surface area contributed by atoms with E-state index in [9.17, 15) is 0 Å². The first-order chi connectivity index (χ1) is 3.68. The Kier molecular flexibility index (Phi) is 8.35. The van der Waals surface area contributed by atoms with Gasteiger partial charge in [0, 0.05) is 0 Å². The van der Waals surface area contributed by atoms with Crippen molar-refractivity contribution in [3.8, 4) is 0 Å². The largest absolute Gasteiger partial charge is 0.693 e. The third kappa shape index (κ3) is 6.06. The summed E-state index contributed by atoms with van der Waals surface area (Å²) in [5.41, 5.74) is 5.32. The summed E-state index contributed by atoms with van der Waals surface area (Å²) in [5, 5.41) is 0.549. The summed E-state index contributed by atoms with van der Waals surface area (Å²) in [6.45, 7) is 5.03. The second kappa shape index (κ2) is 6.31. The minimum absolute atomic E-state index is 0. The molecule has 2 nitrogen and oxygen atoms in total. The van der Waals surface area contributed by atoms with E-state index in [0.717, 1.165) is 17.9 Å². The summed E-state index contributed by atoms with van der Waals surface area (Å²) in [6.07, 6.45) is 2.94. The average molecular weight is 196 g/mol. The Hall–Kier alpha value is 0.183. The van der Waals surface area contributed by atoms with Gasteiger partial charge in [-0.3, -0.25) is 0 Å². The number of hydrogen-bond donors (Lipinski definition) is 1. The van der Waals surface area contributed by atoms with E-state index in [4.69, 9.17) is 23.9 Å². The van der Waals surface area contributed by atoms with Gasteiger partial charge in [0.2, 0.25) is 0 Å². The monoisotopic (exact) mass is 194 g/mol. The predicted molar refractivity (Wildman–Crippen MR) is 37.3 cm³/mol. The fourth-order valence-electron chi connectivity index (χ4n) is 0.192. The molecule has 0 fully saturated rings. The van der Waals surface area contributed by atoms with Crippen molar-refractivity contribution in [1.82, 2.24) is 0 Å². The summed E-state index contributed by atoms with van der Waals surface area (Å²) in [6, 6.07) is 0. The van der Waals surface area contributed by atoms with Crippen LogP contribution in [0.5, 0.6) is 0 Å². The molecule has 0 aliphatic rings. The fraction of sp³-hybridized carbons (Fsp3) is 0. The van der Waals surface area contributed by atoms with Gasteiger partial charge in [0.25, 0.3) is 0 Å². The molecular formula is C5H7ClN2Zn-2. The molecule has 0 unspecified atom stereocenters. The molecule has 0 bridgehead atoms. The molecule has 0 amide bonds. The van der Waals surface area contributed by atoms with Crippen LogP contribution in [0.3, 0.4) is 0 Å². The summed E-state index contributed by atoms with van der Waals surface area (Å²) < 4.78 is 0.702. The summed E-state index contributed by atoms with van der Waals surface area (Å²) in [4.78, 5) is 0. The zero-order valence-electron chi connectivity index (χ0n) is 4.97. The van der Waals surface area contributed by atoms with Crippen LogP contribution < -0.4 is 5.73 Å². The van der Waals surface area contributed by atoms with Gasteiger partial charge in [-0.1, -0.05) is 0 Å². The molecule has 0 rings (SSSR count). The summed E-state index contributed by atoms with van der Waals surface area (Å²) >= 11 is 6.41.